The van der Waals surface area contributed by atoms with Crippen molar-refractivity contribution in [1.82, 2.24) is 0 Å². The molecule has 2 aromatic carbocycles. The second-order valence-corrected chi connectivity index (χ2v) is 6.80. The first-order valence-corrected chi connectivity index (χ1v) is 9.18. The Bertz CT molecular complexity index is 798. The third-order valence-electron chi connectivity index (χ3n) is 4.58. The van der Waals surface area contributed by atoms with Gasteiger partial charge in [0, 0.05) is 6.42 Å². The normalized spacial score (nSPS) is 12.0. The quantitative estimate of drug-likeness (QED) is 0.424. The molecule has 0 aliphatic rings. The number of allylic oxidation sites excluding steroid dienone is 2. The number of nitrogens with zero attached hydrogens (tertiary/aromatic N) is 1. The van der Waals surface area contributed by atoms with Gasteiger partial charge >= 0.3 is 0 Å². The number of unbranched alkanes of at least 4 members (excludes halogenated alkanes) is 1. The monoisotopic (exact) mass is 345 g/mol. The van der Waals surface area contributed by atoms with Crippen molar-refractivity contribution in [2.45, 2.75) is 39.0 Å². The SMILES string of the molecule is C=C(O)CCCCC(/C=C/c1ccccc1C)Cc1cccc(C#N)c1. The molecule has 2 aromatic rings. The van der Waals surface area contributed by atoms with Crippen LogP contribution < -0.4 is 0 Å². The van der Waals surface area contributed by atoms with Crippen LogP contribution in [0.4, 0.5) is 0 Å². The van der Waals surface area contributed by atoms with Crippen molar-refractivity contribution in [2.75, 3.05) is 0 Å². The number of aliphatic hydroxyl groups is 1. The minimum absolute atomic E-state index is 0.263. The van der Waals surface area contributed by atoms with E-state index in [1.807, 2.05) is 18.2 Å². The second-order valence-electron chi connectivity index (χ2n) is 6.80. The van der Waals surface area contributed by atoms with Crippen LogP contribution in [0.15, 0.2) is 66.9 Å². The fraction of sp³-hybridized carbons (Fsp3) is 0.292. The lowest BCUT2D eigenvalue weighted by Gasteiger charge is -2.14. The van der Waals surface area contributed by atoms with E-state index in [4.69, 9.17) is 5.26 Å². The molecule has 0 saturated carbocycles. The number of aryl methyl sites for hydroxylation is 1. The molecule has 0 bridgehead atoms. The van der Waals surface area contributed by atoms with Crippen molar-refractivity contribution in [3.63, 3.8) is 0 Å². The summed E-state index contributed by atoms with van der Waals surface area (Å²) in [5.41, 5.74) is 4.41. The molecule has 1 unspecified atom stereocenters. The molecule has 0 heterocycles. The smallest absolute Gasteiger partial charge is 0.0991 e. The van der Waals surface area contributed by atoms with Crippen molar-refractivity contribution in [1.29, 1.82) is 5.26 Å². The lowest BCUT2D eigenvalue weighted by molar-refractivity contribution is 0.381. The Labute approximate surface area is 157 Å². The molecular formula is C24H27NO. The molecule has 0 fully saturated rings. The summed E-state index contributed by atoms with van der Waals surface area (Å²) < 4.78 is 0. The van der Waals surface area contributed by atoms with Crippen LogP contribution in [0.5, 0.6) is 0 Å². The Morgan fingerprint density at radius 2 is 2.00 bits per heavy atom. The van der Waals surface area contributed by atoms with Crippen molar-refractivity contribution in [3.8, 4) is 6.07 Å². The topological polar surface area (TPSA) is 44.0 Å². The summed E-state index contributed by atoms with van der Waals surface area (Å²) in [4.78, 5) is 0. The van der Waals surface area contributed by atoms with Gasteiger partial charge < -0.3 is 5.11 Å². The Balaban J connectivity index is 2.08. The fourth-order valence-electron chi connectivity index (χ4n) is 3.09. The molecule has 0 saturated heterocycles. The lowest BCUT2D eigenvalue weighted by atomic mass is 9.91. The van der Waals surface area contributed by atoms with Gasteiger partial charge in [-0.25, -0.2) is 0 Å². The maximum Gasteiger partial charge on any atom is 0.0991 e. The predicted octanol–water partition coefficient (Wildman–Crippen LogP) is 6.37. The van der Waals surface area contributed by atoms with Gasteiger partial charge in [-0.1, -0.05) is 61.5 Å². The molecule has 2 nitrogen and oxygen atoms in total. The predicted molar refractivity (Wildman–Crippen MR) is 109 cm³/mol. The summed E-state index contributed by atoms with van der Waals surface area (Å²) in [6.07, 6.45) is 9.11. The minimum Gasteiger partial charge on any atom is -0.513 e. The van der Waals surface area contributed by atoms with Crippen LogP contribution in [-0.2, 0) is 6.42 Å². The molecule has 26 heavy (non-hydrogen) atoms. The molecule has 2 rings (SSSR count). The van der Waals surface area contributed by atoms with Crippen molar-refractivity contribution in [3.05, 3.63) is 89.2 Å². The highest BCUT2D eigenvalue weighted by atomic mass is 16.3. The minimum atomic E-state index is 0.263. The van der Waals surface area contributed by atoms with E-state index in [9.17, 15) is 5.11 Å². The fourth-order valence-corrected chi connectivity index (χ4v) is 3.09. The number of hydrogen-bond donors (Lipinski definition) is 1. The number of rotatable bonds is 9. The molecule has 0 radical (unpaired) electrons. The molecular weight excluding hydrogens is 318 g/mol. The van der Waals surface area contributed by atoms with Crippen molar-refractivity contribution >= 4 is 6.08 Å². The van der Waals surface area contributed by atoms with Crippen molar-refractivity contribution in [2.24, 2.45) is 5.92 Å². The third-order valence-corrected chi connectivity index (χ3v) is 4.58. The van der Waals surface area contributed by atoms with Crippen LogP contribution >= 0.6 is 0 Å². The zero-order valence-electron chi connectivity index (χ0n) is 15.5. The molecule has 2 heteroatoms. The molecule has 1 atom stereocenters. The largest absolute Gasteiger partial charge is 0.513 e. The molecule has 0 aliphatic carbocycles. The molecule has 0 aromatic heterocycles. The maximum atomic E-state index is 9.25. The number of nitriles is 1. The third kappa shape index (κ3) is 6.61. The average Bonchev–Trinajstić information content (AvgIpc) is 2.64. The van der Waals surface area contributed by atoms with Gasteiger partial charge in [-0.2, -0.15) is 5.26 Å². The van der Waals surface area contributed by atoms with Crippen LogP contribution in [0.3, 0.4) is 0 Å². The highest BCUT2D eigenvalue weighted by Crippen LogP contribution is 2.21. The van der Waals surface area contributed by atoms with Crippen LogP contribution in [0.1, 0.15) is 47.9 Å². The van der Waals surface area contributed by atoms with E-state index in [0.717, 1.165) is 25.7 Å². The second kappa shape index (κ2) is 10.3. The summed E-state index contributed by atoms with van der Waals surface area (Å²) in [5, 5.41) is 18.4. The zero-order valence-corrected chi connectivity index (χ0v) is 15.5. The highest BCUT2D eigenvalue weighted by Gasteiger charge is 2.08. The van der Waals surface area contributed by atoms with Crippen molar-refractivity contribution < 1.29 is 5.11 Å². The van der Waals surface area contributed by atoms with Crippen LogP contribution in [0.25, 0.3) is 6.08 Å². The van der Waals surface area contributed by atoms with Gasteiger partial charge in [0.05, 0.1) is 17.4 Å². The van der Waals surface area contributed by atoms with Gasteiger partial charge in [-0.3, -0.25) is 0 Å². The summed E-state index contributed by atoms with van der Waals surface area (Å²) in [5.74, 6) is 0.661. The summed E-state index contributed by atoms with van der Waals surface area (Å²) >= 11 is 0. The summed E-state index contributed by atoms with van der Waals surface area (Å²) in [6.45, 7) is 5.68. The van der Waals surface area contributed by atoms with Gasteiger partial charge in [0.25, 0.3) is 0 Å². The highest BCUT2D eigenvalue weighted by molar-refractivity contribution is 5.53. The van der Waals surface area contributed by atoms with Gasteiger partial charge in [-0.05, 0) is 60.9 Å². The van der Waals surface area contributed by atoms with E-state index in [-0.39, 0.29) is 5.76 Å². The number of benzene rings is 2. The first-order valence-electron chi connectivity index (χ1n) is 9.18. The Morgan fingerprint density at radius 3 is 2.73 bits per heavy atom. The van der Waals surface area contributed by atoms with E-state index < -0.39 is 0 Å². The molecule has 0 spiro atoms. The van der Waals surface area contributed by atoms with Gasteiger partial charge in [0.15, 0.2) is 0 Å². The zero-order chi connectivity index (χ0) is 18.8. The van der Waals surface area contributed by atoms with Gasteiger partial charge in [0.1, 0.15) is 0 Å². The van der Waals surface area contributed by atoms with Crippen LogP contribution in [-0.4, -0.2) is 5.11 Å². The Hall–Kier alpha value is -2.79. The first kappa shape index (κ1) is 19.5. The summed E-state index contributed by atoms with van der Waals surface area (Å²) in [7, 11) is 0. The van der Waals surface area contributed by atoms with E-state index in [1.165, 1.54) is 16.7 Å². The molecule has 0 amide bonds. The molecule has 1 N–H and O–H groups in total. The van der Waals surface area contributed by atoms with Gasteiger partial charge in [-0.15, -0.1) is 0 Å². The average molecular weight is 345 g/mol. The van der Waals surface area contributed by atoms with E-state index in [2.05, 4.69) is 62.1 Å². The van der Waals surface area contributed by atoms with Gasteiger partial charge in [0.2, 0.25) is 0 Å². The molecule has 134 valence electrons. The van der Waals surface area contributed by atoms with E-state index in [0.29, 0.717) is 17.9 Å². The Morgan fingerprint density at radius 1 is 1.19 bits per heavy atom. The van der Waals surface area contributed by atoms with Crippen LogP contribution in [0, 0.1) is 24.2 Å². The lowest BCUT2D eigenvalue weighted by Crippen LogP contribution is -2.02. The maximum absolute atomic E-state index is 9.25. The molecule has 0 aliphatic heterocycles. The Kier molecular flexibility index (Phi) is 7.71. The number of hydrogen-bond acceptors (Lipinski definition) is 2. The first-order chi connectivity index (χ1) is 12.6. The van der Waals surface area contributed by atoms with Crippen LogP contribution in [0.2, 0.25) is 0 Å². The number of aliphatic hydroxyl groups excluding tert-OH is 1. The standard InChI is InChI=1S/C24H27NO/c1-19-8-3-6-13-24(19)15-14-21(10-5-4-9-20(2)26)16-22-11-7-12-23(17-22)18-25/h3,6-8,11-15,17,21,26H,2,4-5,9-10,16H2,1H3/b15-14+. The van der Waals surface area contributed by atoms with E-state index in [1.54, 1.807) is 0 Å². The van der Waals surface area contributed by atoms with E-state index >= 15 is 0 Å². The summed E-state index contributed by atoms with van der Waals surface area (Å²) in [6, 6.07) is 18.4.